The first-order valence-electron chi connectivity index (χ1n) is 6.34. The van der Waals surface area contributed by atoms with Gasteiger partial charge < -0.3 is 15.5 Å². The predicted molar refractivity (Wildman–Crippen MR) is 71.5 cm³/mol. The fourth-order valence-electron chi connectivity index (χ4n) is 1.94. The molecule has 0 saturated heterocycles. The molecule has 1 aromatic rings. The van der Waals surface area contributed by atoms with Crippen molar-refractivity contribution in [1.29, 1.82) is 0 Å². The van der Waals surface area contributed by atoms with Crippen LogP contribution in [-0.4, -0.2) is 31.2 Å². The maximum absolute atomic E-state index is 3.49. The van der Waals surface area contributed by atoms with Crippen LogP contribution < -0.4 is 10.6 Å². The van der Waals surface area contributed by atoms with E-state index < -0.39 is 0 Å². The second-order valence-corrected chi connectivity index (χ2v) is 4.33. The number of nitrogens with one attached hydrogen (secondary N) is 2. The van der Waals surface area contributed by atoms with Crippen LogP contribution in [0.2, 0.25) is 0 Å². The third kappa shape index (κ3) is 4.49. The summed E-state index contributed by atoms with van der Waals surface area (Å²) in [5, 5.41) is 6.66. The van der Waals surface area contributed by atoms with E-state index in [0.717, 1.165) is 32.7 Å². The highest BCUT2D eigenvalue weighted by Crippen LogP contribution is 1.98. The molecule has 0 bridgehead atoms. The summed E-state index contributed by atoms with van der Waals surface area (Å²) in [5.74, 6) is 0. The minimum absolute atomic E-state index is 0.962. The van der Waals surface area contributed by atoms with Crippen molar-refractivity contribution in [2.45, 2.75) is 12.8 Å². The van der Waals surface area contributed by atoms with E-state index in [0.29, 0.717) is 0 Å². The molecule has 0 unspecified atom stereocenters. The molecule has 1 heterocycles. The van der Waals surface area contributed by atoms with E-state index >= 15 is 0 Å². The highest BCUT2D eigenvalue weighted by molar-refractivity contribution is 5.14. The van der Waals surface area contributed by atoms with Crippen LogP contribution in [0.25, 0.3) is 0 Å². The normalized spacial score (nSPS) is 14.0. The van der Waals surface area contributed by atoms with Crippen LogP contribution >= 0.6 is 0 Å². The van der Waals surface area contributed by atoms with Gasteiger partial charge in [0.2, 0.25) is 0 Å². The summed E-state index contributed by atoms with van der Waals surface area (Å²) in [5.41, 5.74) is 1.41. The average molecular weight is 231 g/mol. The van der Waals surface area contributed by atoms with Crippen molar-refractivity contribution in [3.8, 4) is 0 Å². The third-order valence-corrected chi connectivity index (χ3v) is 2.93. The summed E-state index contributed by atoms with van der Waals surface area (Å²) in [4.78, 5) is 2.29. The molecule has 1 aromatic carbocycles. The Hall–Kier alpha value is -1.48. The van der Waals surface area contributed by atoms with E-state index in [1.807, 2.05) is 6.20 Å². The molecule has 1 aliphatic rings. The molecule has 0 aromatic heterocycles. The number of hydrogen-bond acceptors (Lipinski definition) is 3. The fourth-order valence-corrected chi connectivity index (χ4v) is 1.94. The molecule has 0 spiro atoms. The molecule has 0 radical (unpaired) electrons. The van der Waals surface area contributed by atoms with Crippen LogP contribution in [0.3, 0.4) is 0 Å². The average Bonchev–Trinajstić information content (AvgIpc) is 2.88. The quantitative estimate of drug-likeness (QED) is 0.697. The first kappa shape index (κ1) is 12.0. The first-order chi connectivity index (χ1) is 8.45. The highest BCUT2D eigenvalue weighted by Gasteiger charge is 2.01. The summed E-state index contributed by atoms with van der Waals surface area (Å²) in [7, 11) is 0. The summed E-state index contributed by atoms with van der Waals surface area (Å²) in [6.45, 7) is 4.25. The van der Waals surface area contributed by atoms with Crippen molar-refractivity contribution in [1.82, 2.24) is 15.5 Å². The third-order valence-electron chi connectivity index (χ3n) is 2.93. The van der Waals surface area contributed by atoms with E-state index in [-0.39, 0.29) is 0 Å². The summed E-state index contributed by atoms with van der Waals surface area (Å²) >= 11 is 0. The van der Waals surface area contributed by atoms with Crippen LogP contribution in [0.15, 0.2) is 42.7 Å². The van der Waals surface area contributed by atoms with Crippen LogP contribution in [0.4, 0.5) is 0 Å². The molecule has 92 valence electrons. The first-order valence-corrected chi connectivity index (χ1v) is 6.34. The molecule has 1 aliphatic heterocycles. The maximum Gasteiger partial charge on any atom is 0.0867 e. The van der Waals surface area contributed by atoms with Gasteiger partial charge in [-0.15, -0.1) is 0 Å². The standard InChI is InChI=1S/C14H21N3/c1-2-5-14(6-3-1)7-9-15-8-4-11-17-12-10-16-13-17/h1-3,5-6,10,12,15-16H,4,7-9,11,13H2. The van der Waals surface area contributed by atoms with Gasteiger partial charge in [0.15, 0.2) is 0 Å². The summed E-state index contributed by atoms with van der Waals surface area (Å²) in [6.07, 6.45) is 6.43. The zero-order chi connectivity index (χ0) is 11.8. The Morgan fingerprint density at radius 2 is 2.06 bits per heavy atom. The monoisotopic (exact) mass is 231 g/mol. The van der Waals surface area contributed by atoms with Gasteiger partial charge in [0, 0.05) is 18.9 Å². The number of benzene rings is 1. The van der Waals surface area contributed by atoms with Gasteiger partial charge in [-0.1, -0.05) is 30.3 Å². The Labute approximate surface area is 104 Å². The molecule has 3 heteroatoms. The lowest BCUT2D eigenvalue weighted by atomic mass is 10.1. The molecule has 0 saturated carbocycles. The minimum atomic E-state index is 0.962. The molecule has 0 atom stereocenters. The second kappa shape index (κ2) is 6.97. The number of nitrogens with zero attached hydrogens (tertiary/aromatic N) is 1. The van der Waals surface area contributed by atoms with E-state index in [4.69, 9.17) is 0 Å². The molecule has 3 nitrogen and oxygen atoms in total. The maximum atomic E-state index is 3.49. The van der Waals surface area contributed by atoms with Gasteiger partial charge in [-0.25, -0.2) is 0 Å². The van der Waals surface area contributed by atoms with E-state index in [2.05, 4.69) is 52.1 Å². The van der Waals surface area contributed by atoms with E-state index in [1.165, 1.54) is 12.0 Å². The molecular formula is C14H21N3. The Kier molecular flexibility index (Phi) is 4.91. The van der Waals surface area contributed by atoms with Crippen LogP contribution in [0.1, 0.15) is 12.0 Å². The topological polar surface area (TPSA) is 27.3 Å². The second-order valence-electron chi connectivity index (χ2n) is 4.33. The number of rotatable bonds is 7. The van der Waals surface area contributed by atoms with Crippen molar-refractivity contribution < 1.29 is 0 Å². The van der Waals surface area contributed by atoms with Crippen LogP contribution in [0, 0.1) is 0 Å². The lowest BCUT2D eigenvalue weighted by Gasteiger charge is -2.14. The lowest BCUT2D eigenvalue weighted by Crippen LogP contribution is -2.26. The van der Waals surface area contributed by atoms with Crippen molar-refractivity contribution in [3.63, 3.8) is 0 Å². The summed E-state index contributed by atoms with van der Waals surface area (Å²) < 4.78 is 0. The van der Waals surface area contributed by atoms with Gasteiger partial charge in [0.25, 0.3) is 0 Å². The van der Waals surface area contributed by atoms with Gasteiger partial charge in [0.05, 0.1) is 6.67 Å². The van der Waals surface area contributed by atoms with Gasteiger partial charge in [-0.3, -0.25) is 0 Å². The van der Waals surface area contributed by atoms with Crippen molar-refractivity contribution in [2.24, 2.45) is 0 Å². The minimum Gasteiger partial charge on any atom is -0.373 e. The Bertz CT molecular complexity index is 335. The predicted octanol–water partition coefficient (Wildman–Crippen LogP) is 1.54. The largest absolute Gasteiger partial charge is 0.373 e. The molecule has 0 amide bonds. The molecular weight excluding hydrogens is 210 g/mol. The van der Waals surface area contributed by atoms with Gasteiger partial charge in [-0.05, 0) is 31.5 Å². The number of hydrogen-bond donors (Lipinski definition) is 2. The fraction of sp³-hybridized carbons (Fsp3) is 0.429. The van der Waals surface area contributed by atoms with Crippen LogP contribution in [0.5, 0.6) is 0 Å². The zero-order valence-corrected chi connectivity index (χ0v) is 10.2. The molecule has 0 fully saturated rings. The van der Waals surface area contributed by atoms with Gasteiger partial charge >= 0.3 is 0 Å². The zero-order valence-electron chi connectivity index (χ0n) is 10.2. The molecule has 17 heavy (non-hydrogen) atoms. The van der Waals surface area contributed by atoms with Crippen molar-refractivity contribution in [3.05, 3.63) is 48.3 Å². The molecule has 2 rings (SSSR count). The SMILES string of the molecule is C1=CN(CCCNCCc2ccccc2)CN1. The molecule has 0 aliphatic carbocycles. The van der Waals surface area contributed by atoms with Gasteiger partial charge in [-0.2, -0.15) is 0 Å². The van der Waals surface area contributed by atoms with Crippen LogP contribution in [-0.2, 0) is 6.42 Å². The van der Waals surface area contributed by atoms with Crippen molar-refractivity contribution in [2.75, 3.05) is 26.3 Å². The van der Waals surface area contributed by atoms with E-state index in [1.54, 1.807) is 0 Å². The Morgan fingerprint density at radius 1 is 1.18 bits per heavy atom. The van der Waals surface area contributed by atoms with E-state index in [9.17, 15) is 0 Å². The smallest absolute Gasteiger partial charge is 0.0867 e. The Balaban J connectivity index is 1.48. The highest BCUT2D eigenvalue weighted by atomic mass is 15.2. The van der Waals surface area contributed by atoms with Crippen molar-refractivity contribution >= 4 is 0 Å². The molecule has 2 N–H and O–H groups in total. The summed E-state index contributed by atoms with van der Waals surface area (Å²) in [6, 6.07) is 10.6. The Morgan fingerprint density at radius 3 is 2.82 bits per heavy atom. The lowest BCUT2D eigenvalue weighted by molar-refractivity contribution is 0.380. The van der Waals surface area contributed by atoms with Gasteiger partial charge in [0.1, 0.15) is 0 Å².